The average Bonchev–Trinajstić information content (AvgIpc) is 3.21. The number of sulfonamides is 1. The lowest BCUT2D eigenvalue weighted by molar-refractivity contribution is 0.410. The Balaban J connectivity index is 2.32. The summed E-state index contributed by atoms with van der Waals surface area (Å²) in [4.78, 5) is 0. The molecule has 2 N–H and O–H groups in total. The molecule has 0 aromatic heterocycles. The van der Waals surface area contributed by atoms with E-state index < -0.39 is 26.0 Å². The molecule has 1 atom stereocenters. The smallest absolute Gasteiger partial charge is 0.242 e. The summed E-state index contributed by atoms with van der Waals surface area (Å²) in [5.74, 6) is -0.287. The molecule has 1 saturated carbocycles. The molecule has 0 bridgehead atoms. The Hall–Kier alpha value is -1.08. The van der Waals surface area contributed by atoms with E-state index in [0.29, 0.717) is 22.9 Å². The Kier molecular flexibility index (Phi) is 2.99. The summed E-state index contributed by atoms with van der Waals surface area (Å²) in [6.07, 6.45) is 2.68. The lowest BCUT2D eigenvalue weighted by Crippen LogP contribution is -2.54. The van der Waals surface area contributed by atoms with Crippen LogP contribution in [-0.4, -0.2) is 24.5 Å². The second-order valence-corrected chi connectivity index (χ2v) is 9.06. The van der Waals surface area contributed by atoms with Gasteiger partial charge in [-0.15, -0.1) is 0 Å². The van der Waals surface area contributed by atoms with Crippen LogP contribution >= 0.6 is 15.9 Å². The van der Waals surface area contributed by atoms with Gasteiger partial charge in [-0.25, -0.2) is 12.8 Å². The van der Waals surface area contributed by atoms with Gasteiger partial charge in [0.1, 0.15) is 16.4 Å². The predicted octanol–water partition coefficient (Wildman–Crippen LogP) is 2.45. The van der Waals surface area contributed by atoms with E-state index in [4.69, 9.17) is 5.73 Å². The second kappa shape index (κ2) is 4.23. The first-order valence-corrected chi connectivity index (χ1v) is 8.81. The van der Waals surface area contributed by atoms with E-state index in [1.54, 1.807) is 25.1 Å². The zero-order chi connectivity index (χ0) is 15.6. The molecule has 1 fully saturated rings. The predicted molar refractivity (Wildman–Crippen MR) is 82.4 cm³/mol. The van der Waals surface area contributed by atoms with E-state index in [0.717, 1.165) is 4.31 Å². The first-order chi connectivity index (χ1) is 9.66. The van der Waals surface area contributed by atoms with Crippen LogP contribution in [0.1, 0.15) is 25.3 Å². The highest BCUT2D eigenvalue weighted by Gasteiger charge is 2.69. The van der Waals surface area contributed by atoms with Gasteiger partial charge in [-0.3, -0.25) is 4.31 Å². The highest BCUT2D eigenvalue weighted by Crippen LogP contribution is 2.61. The monoisotopic (exact) mass is 374 g/mol. The molecular weight excluding hydrogens is 359 g/mol. The molecule has 0 amide bonds. The molecule has 1 spiro atoms. The van der Waals surface area contributed by atoms with Crippen LogP contribution in [0.15, 0.2) is 34.6 Å². The minimum atomic E-state index is -3.61. The molecule has 21 heavy (non-hydrogen) atoms. The summed E-state index contributed by atoms with van der Waals surface area (Å²) in [6.45, 7) is 1.75. The fraction of sp³-hybridized carbons (Fsp3) is 0.429. The summed E-state index contributed by atoms with van der Waals surface area (Å²) in [5, 5.41) is 0. The van der Waals surface area contributed by atoms with Gasteiger partial charge in [-0.2, -0.15) is 0 Å². The normalized spacial score (nSPS) is 29.3. The minimum absolute atomic E-state index is 0.134. The van der Waals surface area contributed by atoms with Crippen LogP contribution in [0.5, 0.6) is 0 Å². The van der Waals surface area contributed by atoms with E-state index in [9.17, 15) is 12.8 Å². The van der Waals surface area contributed by atoms with Crippen LogP contribution < -0.4 is 5.73 Å². The topological polar surface area (TPSA) is 63.4 Å². The van der Waals surface area contributed by atoms with E-state index in [1.165, 1.54) is 13.1 Å². The van der Waals surface area contributed by atoms with Crippen molar-refractivity contribution in [1.82, 2.24) is 4.31 Å². The Morgan fingerprint density at radius 1 is 1.38 bits per heavy atom. The first kappa shape index (κ1) is 14.8. The van der Waals surface area contributed by atoms with E-state index >= 15 is 0 Å². The molecule has 3 rings (SSSR count). The molecule has 1 aliphatic carbocycles. The number of rotatable bonds is 1. The quantitative estimate of drug-likeness (QED) is 0.820. The van der Waals surface area contributed by atoms with Gasteiger partial charge in [-0.05, 0) is 37.1 Å². The summed E-state index contributed by atoms with van der Waals surface area (Å²) in [7, 11) is -2.16. The van der Waals surface area contributed by atoms with Crippen molar-refractivity contribution in [3.05, 3.63) is 45.9 Å². The molecule has 1 aliphatic heterocycles. The van der Waals surface area contributed by atoms with Crippen molar-refractivity contribution >= 4 is 26.0 Å². The van der Waals surface area contributed by atoms with Crippen LogP contribution in [0.3, 0.4) is 0 Å². The second-order valence-electron chi connectivity index (χ2n) is 5.86. The molecule has 1 aromatic rings. The Morgan fingerprint density at radius 2 is 2.00 bits per heavy atom. The van der Waals surface area contributed by atoms with E-state index in [2.05, 4.69) is 15.9 Å². The number of halogens is 2. The minimum Gasteiger partial charge on any atom is -0.385 e. The summed E-state index contributed by atoms with van der Waals surface area (Å²) >= 11 is 3.32. The van der Waals surface area contributed by atoms with E-state index in [-0.39, 0.29) is 5.82 Å². The summed E-state index contributed by atoms with van der Waals surface area (Å²) in [6, 6.07) is 4.58. The van der Waals surface area contributed by atoms with Gasteiger partial charge in [0.05, 0.1) is 0 Å². The van der Waals surface area contributed by atoms with Crippen LogP contribution in [-0.2, 0) is 15.4 Å². The molecule has 1 aromatic carbocycles. The van der Waals surface area contributed by atoms with Crippen molar-refractivity contribution < 1.29 is 12.8 Å². The van der Waals surface area contributed by atoms with Gasteiger partial charge in [0.2, 0.25) is 10.0 Å². The number of hydrogen-bond donors (Lipinski definition) is 1. The lowest BCUT2D eigenvalue weighted by atomic mass is 9.76. The molecule has 2 aliphatic rings. The lowest BCUT2D eigenvalue weighted by Gasteiger charge is -2.43. The summed E-state index contributed by atoms with van der Waals surface area (Å²) < 4.78 is 40.7. The molecule has 0 saturated heterocycles. The number of nitrogens with two attached hydrogens (primary N) is 1. The van der Waals surface area contributed by atoms with Gasteiger partial charge in [0, 0.05) is 22.5 Å². The van der Waals surface area contributed by atoms with Gasteiger partial charge >= 0.3 is 0 Å². The zero-order valence-corrected chi connectivity index (χ0v) is 14.1. The van der Waals surface area contributed by atoms with Crippen molar-refractivity contribution in [2.45, 2.75) is 29.9 Å². The Morgan fingerprint density at radius 3 is 2.57 bits per heavy atom. The van der Waals surface area contributed by atoms with Crippen LogP contribution in [0.25, 0.3) is 0 Å². The number of nitrogens with zero attached hydrogens (tertiary/aromatic N) is 1. The number of hydrogen-bond acceptors (Lipinski definition) is 3. The molecule has 4 nitrogen and oxygen atoms in total. The fourth-order valence-corrected chi connectivity index (χ4v) is 5.83. The fourth-order valence-electron chi connectivity index (χ4n) is 3.30. The third kappa shape index (κ3) is 1.73. The van der Waals surface area contributed by atoms with E-state index in [1.807, 2.05) is 0 Å². The molecule has 1 heterocycles. The highest BCUT2D eigenvalue weighted by molar-refractivity contribution is 9.10. The van der Waals surface area contributed by atoms with Crippen LogP contribution in [0.2, 0.25) is 0 Å². The third-order valence-corrected chi connectivity index (χ3v) is 8.04. The Bertz CT molecular complexity index is 758. The average molecular weight is 375 g/mol. The third-order valence-electron chi connectivity index (χ3n) is 4.79. The number of allylic oxidation sites excluding steroid dienone is 1. The maximum atomic E-state index is 14.3. The largest absolute Gasteiger partial charge is 0.385 e. The molecular formula is C14H16BrFN2O2S. The molecule has 0 unspecified atom stereocenters. The molecule has 114 valence electrons. The summed E-state index contributed by atoms with van der Waals surface area (Å²) in [5.41, 5.74) is 5.26. The molecule has 7 heteroatoms. The Labute approximate surface area is 132 Å². The van der Waals surface area contributed by atoms with Gasteiger partial charge < -0.3 is 5.73 Å². The van der Waals surface area contributed by atoms with Crippen molar-refractivity contribution in [2.75, 3.05) is 7.05 Å². The highest BCUT2D eigenvalue weighted by atomic mass is 79.9. The van der Waals surface area contributed by atoms with Crippen molar-refractivity contribution in [2.24, 2.45) is 5.73 Å². The molecule has 0 radical (unpaired) electrons. The first-order valence-electron chi connectivity index (χ1n) is 6.58. The SMILES string of the molecule is CN1C(N)=C[C@](C)(c2cc(Br)ccc2F)C2(CC2)S1(=O)=O. The van der Waals surface area contributed by atoms with Crippen molar-refractivity contribution in [3.8, 4) is 0 Å². The van der Waals surface area contributed by atoms with Crippen molar-refractivity contribution in [3.63, 3.8) is 0 Å². The van der Waals surface area contributed by atoms with Gasteiger partial charge in [0.25, 0.3) is 0 Å². The maximum absolute atomic E-state index is 14.3. The zero-order valence-electron chi connectivity index (χ0n) is 11.7. The maximum Gasteiger partial charge on any atom is 0.242 e. The van der Waals surface area contributed by atoms with Gasteiger partial charge in [-0.1, -0.05) is 22.9 Å². The van der Waals surface area contributed by atoms with Gasteiger partial charge in [0.15, 0.2) is 0 Å². The van der Waals surface area contributed by atoms with Crippen LogP contribution in [0, 0.1) is 5.82 Å². The number of benzene rings is 1. The van der Waals surface area contributed by atoms with Crippen molar-refractivity contribution in [1.29, 1.82) is 0 Å². The van der Waals surface area contributed by atoms with Crippen LogP contribution in [0.4, 0.5) is 4.39 Å². The standard InChI is InChI=1S/C14H16BrFN2O2S/c1-13(10-7-9(15)3-4-11(10)16)8-12(17)18(2)21(19,20)14(13)5-6-14/h3-4,7-8H,5-6,17H2,1-2H3/t13-/m1/s1.